The van der Waals surface area contributed by atoms with E-state index in [0.717, 1.165) is 17.3 Å². The van der Waals surface area contributed by atoms with Gasteiger partial charge in [0, 0.05) is 25.9 Å². The Hall–Kier alpha value is -1.12. The average Bonchev–Trinajstić information content (AvgIpc) is 2.06. The van der Waals surface area contributed by atoms with E-state index in [1.54, 1.807) is 0 Å². The van der Waals surface area contributed by atoms with Crippen molar-refractivity contribution >= 4 is 5.82 Å². The first-order valence-electron chi connectivity index (χ1n) is 4.59. The Morgan fingerprint density at radius 3 is 2.00 bits per heavy atom. The van der Waals surface area contributed by atoms with E-state index in [1.807, 2.05) is 52.8 Å². The Morgan fingerprint density at radius 2 is 1.62 bits per heavy atom. The lowest BCUT2D eigenvalue weighted by molar-refractivity contribution is 0.964. The van der Waals surface area contributed by atoms with Gasteiger partial charge in [-0.15, -0.1) is 0 Å². The van der Waals surface area contributed by atoms with E-state index in [4.69, 9.17) is 0 Å². The van der Waals surface area contributed by atoms with Crippen LogP contribution in [0.25, 0.3) is 0 Å². The molecule has 0 saturated heterocycles. The number of rotatable bonds is 1. The van der Waals surface area contributed by atoms with Crippen LogP contribution in [0.1, 0.15) is 25.4 Å². The van der Waals surface area contributed by atoms with Gasteiger partial charge in [-0.25, -0.2) is 9.97 Å². The molecule has 1 aromatic heterocycles. The molecule has 0 amide bonds. The summed E-state index contributed by atoms with van der Waals surface area (Å²) in [6, 6.07) is 1.97. The van der Waals surface area contributed by atoms with Crippen molar-refractivity contribution < 1.29 is 0 Å². The lowest BCUT2D eigenvalue weighted by Crippen LogP contribution is -2.11. The molecule has 0 fully saturated rings. The molecule has 0 aliphatic heterocycles. The van der Waals surface area contributed by atoms with Gasteiger partial charge in [0.15, 0.2) is 0 Å². The van der Waals surface area contributed by atoms with E-state index in [0.29, 0.717) is 0 Å². The Bertz CT molecular complexity index is 236. The van der Waals surface area contributed by atoms with Gasteiger partial charge in [-0.3, -0.25) is 0 Å². The van der Waals surface area contributed by atoms with Crippen LogP contribution < -0.4 is 4.90 Å². The third kappa shape index (κ3) is 3.87. The van der Waals surface area contributed by atoms with Crippen LogP contribution in [0.5, 0.6) is 0 Å². The SMILES string of the molecule is CC.Cc1cc(N(C)C)nc(C)n1. The fourth-order valence-corrected chi connectivity index (χ4v) is 0.926. The first-order valence-corrected chi connectivity index (χ1v) is 4.59. The molecule has 0 aromatic carbocycles. The molecule has 1 aromatic rings. The average molecular weight is 181 g/mol. The molecule has 0 N–H and O–H groups in total. The summed E-state index contributed by atoms with van der Waals surface area (Å²) in [5, 5.41) is 0. The molecule has 0 spiro atoms. The lowest BCUT2D eigenvalue weighted by atomic mass is 10.4. The van der Waals surface area contributed by atoms with Crippen molar-refractivity contribution in [3.05, 3.63) is 17.6 Å². The zero-order valence-electron chi connectivity index (χ0n) is 9.42. The molecule has 1 rings (SSSR count). The zero-order chi connectivity index (χ0) is 10.4. The highest BCUT2D eigenvalue weighted by molar-refractivity contribution is 5.37. The van der Waals surface area contributed by atoms with Crippen LogP contribution in [0.2, 0.25) is 0 Å². The normalized spacial score (nSPS) is 8.77. The molecule has 13 heavy (non-hydrogen) atoms. The highest BCUT2D eigenvalue weighted by atomic mass is 15.1. The molecule has 3 heteroatoms. The van der Waals surface area contributed by atoms with E-state index in [-0.39, 0.29) is 0 Å². The number of nitrogens with zero attached hydrogens (tertiary/aromatic N) is 3. The largest absolute Gasteiger partial charge is 0.363 e. The van der Waals surface area contributed by atoms with Gasteiger partial charge in [-0.2, -0.15) is 0 Å². The van der Waals surface area contributed by atoms with Gasteiger partial charge in [0.25, 0.3) is 0 Å². The van der Waals surface area contributed by atoms with Crippen molar-refractivity contribution in [1.29, 1.82) is 0 Å². The molecule has 0 atom stereocenters. The second-order valence-electron chi connectivity index (χ2n) is 2.81. The fourth-order valence-electron chi connectivity index (χ4n) is 0.926. The third-order valence-electron chi connectivity index (χ3n) is 1.41. The van der Waals surface area contributed by atoms with Gasteiger partial charge in [0.2, 0.25) is 0 Å². The first-order chi connectivity index (χ1) is 6.09. The molecule has 0 radical (unpaired) electrons. The number of aromatic nitrogens is 2. The van der Waals surface area contributed by atoms with Gasteiger partial charge in [0.05, 0.1) is 0 Å². The van der Waals surface area contributed by atoms with Crippen molar-refractivity contribution in [3.63, 3.8) is 0 Å². The smallest absolute Gasteiger partial charge is 0.131 e. The monoisotopic (exact) mass is 181 g/mol. The molecular formula is C10H19N3. The van der Waals surface area contributed by atoms with Crippen LogP contribution >= 0.6 is 0 Å². The Balaban J connectivity index is 0.000000671. The molecule has 3 nitrogen and oxygen atoms in total. The summed E-state index contributed by atoms with van der Waals surface area (Å²) in [5.74, 6) is 1.80. The molecular weight excluding hydrogens is 162 g/mol. The molecule has 74 valence electrons. The number of aryl methyl sites for hydroxylation is 2. The maximum atomic E-state index is 4.25. The maximum absolute atomic E-state index is 4.25. The van der Waals surface area contributed by atoms with Crippen molar-refractivity contribution in [2.24, 2.45) is 0 Å². The van der Waals surface area contributed by atoms with Gasteiger partial charge < -0.3 is 4.90 Å². The van der Waals surface area contributed by atoms with Gasteiger partial charge >= 0.3 is 0 Å². The highest BCUT2D eigenvalue weighted by Gasteiger charge is 1.98. The summed E-state index contributed by atoms with van der Waals surface area (Å²) in [6.45, 7) is 7.88. The molecule has 0 saturated carbocycles. The van der Waals surface area contributed by atoms with Gasteiger partial charge in [-0.05, 0) is 13.8 Å². The first kappa shape index (κ1) is 11.9. The predicted octanol–water partition coefficient (Wildman–Crippen LogP) is 2.19. The second kappa shape index (κ2) is 5.51. The van der Waals surface area contributed by atoms with Gasteiger partial charge in [0.1, 0.15) is 11.6 Å². The molecule has 0 aliphatic rings. The summed E-state index contributed by atoms with van der Waals surface area (Å²) in [5.41, 5.74) is 1.02. The minimum absolute atomic E-state index is 0.828. The van der Waals surface area contributed by atoms with E-state index < -0.39 is 0 Å². The summed E-state index contributed by atoms with van der Waals surface area (Å²) < 4.78 is 0. The van der Waals surface area contributed by atoms with E-state index in [9.17, 15) is 0 Å². The topological polar surface area (TPSA) is 29.0 Å². The predicted molar refractivity (Wildman–Crippen MR) is 57.2 cm³/mol. The number of anilines is 1. The number of hydrogen-bond donors (Lipinski definition) is 0. The summed E-state index contributed by atoms with van der Waals surface area (Å²) >= 11 is 0. The van der Waals surface area contributed by atoms with Crippen molar-refractivity contribution in [2.75, 3.05) is 19.0 Å². The summed E-state index contributed by atoms with van der Waals surface area (Å²) in [4.78, 5) is 10.4. The van der Waals surface area contributed by atoms with Crippen LogP contribution in [-0.4, -0.2) is 24.1 Å². The van der Waals surface area contributed by atoms with Crippen LogP contribution in [0.3, 0.4) is 0 Å². The summed E-state index contributed by atoms with van der Waals surface area (Å²) in [7, 11) is 3.95. The van der Waals surface area contributed by atoms with Crippen LogP contribution in [-0.2, 0) is 0 Å². The van der Waals surface area contributed by atoms with E-state index >= 15 is 0 Å². The quantitative estimate of drug-likeness (QED) is 0.665. The molecule has 0 bridgehead atoms. The zero-order valence-corrected chi connectivity index (χ0v) is 9.42. The standard InChI is InChI=1S/C8H13N3.C2H6/c1-6-5-8(11(3)4)10-7(2)9-6;1-2/h5H,1-4H3;1-2H3. The Labute approximate surface area is 80.8 Å². The van der Waals surface area contributed by atoms with Gasteiger partial charge in [-0.1, -0.05) is 13.8 Å². The number of hydrogen-bond acceptors (Lipinski definition) is 3. The van der Waals surface area contributed by atoms with Crippen LogP contribution in [0, 0.1) is 13.8 Å². The highest BCUT2D eigenvalue weighted by Crippen LogP contribution is 2.07. The van der Waals surface area contributed by atoms with Crippen LogP contribution in [0.4, 0.5) is 5.82 Å². The minimum atomic E-state index is 0.828. The maximum Gasteiger partial charge on any atom is 0.131 e. The van der Waals surface area contributed by atoms with Crippen molar-refractivity contribution in [1.82, 2.24) is 9.97 Å². The van der Waals surface area contributed by atoms with E-state index in [1.165, 1.54) is 0 Å². The molecule has 0 aliphatic carbocycles. The summed E-state index contributed by atoms with van der Waals surface area (Å²) in [6.07, 6.45) is 0. The minimum Gasteiger partial charge on any atom is -0.363 e. The second-order valence-corrected chi connectivity index (χ2v) is 2.81. The molecule has 0 unspecified atom stereocenters. The fraction of sp³-hybridized carbons (Fsp3) is 0.600. The van der Waals surface area contributed by atoms with Crippen molar-refractivity contribution in [2.45, 2.75) is 27.7 Å². The van der Waals surface area contributed by atoms with E-state index in [2.05, 4.69) is 9.97 Å². The van der Waals surface area contributed by atoms with Crippen molar-refractivity contribution in [3.8, 4) is 0 Å². The van der Waals surface area contributed by atoms with Crippen LogP contribution in [0.15, 0.2) is 6.07 Å². The Kier molecular flexibility index (Phi) is 5.04. The lowest BCUT2D eigenvalue weighted by Gasteiger charge is -2.11. The third-order valence-corrected chi connectivity index (χ3v) is 1.41. The molecule has 1 heterocycles. The Morgan fingerprint density at radius 1 is 1.08 bits per heavy atom.